The quantitative estimate of drug-likeness (QED) is 0.549. The van der Waals surface area contributed by atoms with Gasteiger partial charge in [-0.25, -0.2) is 4.39 Å². The number of benzene rings is 2. The van der Waals surface area contributed by atoms with E-state index >= 15 is 0 Å². The molecule has 1 aliphatic heterocycles. The van der Waals surface area contributed by atoms with E-state index in [1.807, 2.05) is 24.3 Å². The van der Waals surface area contributed by atoms with Crippen LogP contribution in [0, 0.1) is 29.0 Å². The third-order valence-electron chi connectivity index (χ3n) is 6.56. The van der Waals surface area contributed by atoms with Crippen molar-refractivity contribution in [1.29, 1.82) is 5.26 Å². The van der Waals surface area contributed by atoms with E-state index in [9.17, 15) is 9.18 Å². The van der Waals surface area contributed by atoms with Crippen LogP contribution in [0.2, 0.25) is 10.0 Å². The molecule has 3 nitrogen and oxygen atoms in total. The molecule has 2 atom stereocenters. The number of hydrogen-bond donors (Lipinski definition) is 1. The largest absolute Gasteiger partial charge is 0.356 e. The van der Waals surface area contributed by atoms with Crippen molar-refractivity contribution >= 4 is 29.1 Å². The zero-order valence-electron chi connectivity index (χ0n) is 16.6. The zero-order valence-corrected chi connectivity index (χ0v) is 18.1. The van der Waals surface area contributed by atoms with Gasteiger partial charge in [-0.3, -0.25) is 4.79 Å². The molecular weight excluding hydrogens is 422 g/mol. The SMILES string of the molecule is N#Cc1c(Cl)cc(-c2ccc(C(C3CCCCC3)C3CCNC3=O)cc2)c(Cl)c1F. The predicted molar refractivity (Wildman–Crippen MR) is 117 cm³/mol. The van der Waals surface area contributed by atoms with Crippen molar-refractivity contribution in [2.45, 2.75) is 44.4 Å². The van der Waals surface area contributed by atoms with Crippen LogP contribution in [0.5, 0.6) is 0 Å². The lowest BCUT2D eigenvalue weighted by Crippen LogP contribution is -2.29. The van der Waals surface area contributed by atoms with E-state index in [0.717, 1.165) is 36.9 Å². The van der Waals surface area contributed by atoms with Crippen LogP contribution in [-0.4, -0.2) is 12.5 Å². The van der Waals surface area contributed by atoms with Gasteiger partial charge in [0.15, 0.2) is 5.82 Å². The fourth-order valence-corrected chi connectivity index (χ4v) is 5.57. The molecule has 1 saturated heterocycles. The summed E-state index contributed by atoms with van der Waals surface area (Å²) in [6, 6.07) is 11.1. The Labute approximate surface area is 186 Å². The van der Waals surface area contributed by atoms with Crippen molar-refractivity contribution in [2.75, 3.05) is 6.54 Å². The molecule has 2 aliphatic rings. The Morgan fingerprint density at radius 2 is 1.80 bits per heavy atom. The van der Waals surface area contributed by atoms with Gasteiger partial charge in [-0.2, -0.15) is 5.26 Å². The van der Waals surface area contributed by atoms with E-state index < -0.39 is 5.82 Å². The Morgan fingerprint density at radius 3 is 2.40 bits per heavy atom. The van der Waals surface area contributed by atoms with Gasteiger partial charge in [-0.05, 0) is 48.3 Å². The van der Waals surface area contributed by atoms with Crippen molar-refractivity contribution in [3.63, 3.8) is 0 Å². The van der Waals surface area contributed by atoms with E-state index in [0.29, 0.717) is 11.5 Å². The lowest BCUT2D eigenvalue weighted by molar-refractivity contribution is -0.123. The minimum atomic E-state index is -0.798. The fourth-order valence-electron chi connectivity index (χ4n) is 5.07. The fraction of sp³-hybridized carbons (Fsp3) is 0.417. The molecule has 0 spiro atoms. The first kappa shape index (κ1) is 21.2. The molecule has 2 aromatic rings. The molecule has 156 valence electrons. The molecule has 1 amide bonds. The number of halogens is 3. The maximum Gasteiger partial charge on any atom is 0.223 e. The van der Waals surface area contributed by atoms with Gasteiger partial charge in [0.2, 0.25) is 5.91 Å². The van der Waals surface area contributed by atoms with Gasteiger partial charge < -0.3 is 5.32 Å². The number of carbonyl (C=O) groups excluding carboxylic acids is 1. The number of nitrogens with one attached hydrogen (secondary N) is 1. The van der Waals surface area contributed by atoms with E-state index in [-0.39, 0.29) is 33.4 Å². The summed E-state index contributed by atoms with van der Waals surface area (Å²) in [5.41, 5.74) is 2.08. The number of nitriles is 1. The van der Waals surface area contributed by atoms with Crippen LogP contribution < -0.4 is 5.32 Å². The van der Waals surface area contributed by atoms with Crippen molar-refractivity contribution in [2.24, 2.45) is 11.8 Å². The molecule has 2 unspecified atom stereocenters. The smallest absolute Gasteiger partial charge is 0.223 e. The second-order valence-corrected chi connectivity index (χ2v) is 9.04. The third-order valence-corrected chi connectivity index (χ3v) is 7.23. The Hall–Kier alpha value is -2.09. The van der Waals surface area contributed by atoms with Crippen LogP contribution in [-0.2, 0) is 4.79 Å². The normalized spacial score (nSPS) is 20.6. The summed E-state index contributed by atoms with van der Waals surface area (Å²) in [5.74, 6) is 0.0545. The third kappa shape index (κ3) is 3.94. The molecule has 0 bridgehead atoms. The summed E-state index contributed by atoms with van der Waals surface area (Å²) in [5, 5.41) is 12.0. The van der Waals surface area contributed by atoms with E-state index in [2.05, 4.69) is 5.32 Å². The van der Waals surface area contributed by atoms with E-state index in [1.165, 1.54) is 25.3 Å². The zero-order chi connectivity index (χ0) is 21.3. The van der Waals surface area contributed by atoms with Crippen molar-refractivity contribution < 1.29 is 9.18 Å². The van der Waals surface area contributed by atoms with Crippen LogP contribution in [0.4, 0.5) is 4.39 Å². The number of carbonyl (C=O) groups is 1. The van der Waals surface area contributed by atoms with Crippen molar-refractivity contribution in [3.05, 3.63) is 57.3 Å². The molecule has 1 heterocycles. The molecule has 6 heteroatoms. The molecule has 1 saturated carbocycles. The number of hydrogen-bond acceptors (Lipinski definition) is 2. The minimum Gasteiger partial charge on any atom is -0.356 e. The molecule has 2 aromatic carbocycles. The molecule has 1 N–H and O–H groups in total. The van der Waals surface area contributed by atoms with Gasteiger partial charge in [0.25, 0.3) is 0 Å². The summed E-state index contributed by atoms with van der Waals surface area (Å²) in [4.78, 5) is 12.5. The van der Waals surface area contributed by atoms with Gasteiger partial charge in [-0.1, -0.05) is 66.7 Å². The Morgan fingerprint density at radius 1 is 1.10 bits per heavy atom. The van der Waals surface area contributed by atoms with Crippen LogP contribution in [0.3, 0.4) is 0 Å². The summed E-state index contributed by atoms with van der Waals surface area (Å²) >= 11 is 12.3. The highest BCUT2D eigenvalue weighted by Crippen LogP contribution is 2.44. The minimum absolute atomic E-state index is 0.00402. The number of amides is 1. The molecule has 4 rings (SSSR count). The molecule has 1 aliphatic carbocycles. The standard InChI is InChI=1S/C24H23Cl2FN2O/c25-20-12-18(22(26)23(27)19(20)13-28)14-6-8-16(9-7-14)21(15-4-2-1-3-5-15)17-10-11-29-24(17)30/h6-9,12,15,17,21H,1-5,10-11H2,(H,29,30). The van der Waals surface area contributed by atoms with Gasteiger partial charge in [0.1, 0.15) is 11.6 Å². The number of rotatable bonds is 4. The van der Waals surface area contributed by atoms with E-state index in [1.54, 1.807) is 6.07 Å². The van der Waals surface area contributed by atoms with Gasteiger partial charge >= 0.3 is 0 Å². The number of nitrogens with zero attached hydrogens (tertiary/aromatic N) is 1. The second kappa shape index (κ2) is 8.96. The van der Waals surface area contributed by atoms with E-state index in [4.69, 9.17) is 28.5 Å². The molecule has 0 aromatic heterocycles. The first-order valence-electron chi connectivity index (χ1n) is 10.5. The Balaban J connectivity index is 1.69. The topological polar surface area (TPSA) is 52.9 Å². The molecule has 0 radical (unpaired) electrons. The predicted octanol–water partition coefficient (Wildman–Crippen LogP) is 6.47. The van der Waals surface area contributed by atoms with Crippen LogP contribution in [0.25, 0.3) is 11.1 Å². The molecular formula is C24H23Cl2FN2O. The van der Waals surface area contributed by atoms with Gasteiger partial charge in [-0.15, -0.1) is 0 Å². The maximum atomic E-state index is 14.4. The summed E-state index contributed by atoms with van der Waals surface area (Å²) in [6.07, 6.45) is 6.86. The second-order valence-electron chi connectivity index (χ2n) is 8.25. The monoisotopic (exact) mass is 444 g/mol. The van der Waals surface area contributed by atoms with Gasteiger partial charge in [0, 0.05) is 18.0 Å². The molecule has 2 fully saturated rings. The summed E-state index contributed by atoms with van der Waals surface area (Å²) < 4.78 is 14.4. The lowest BCUT2D eigenvalue weighted by atomic mass is 9.70. The van der Waals surface area contributed by atoms with Crippen molar-refractivity contribution in [3.8, 4) is 17.2 Å². The van der Waals surface area contributed by atoms with Crippen LogP contribution in [0.1, 0.15) is 55.6 Å². The summed E-state index contributed by atoms with van der Waals surface area (Å²) in [7, 11) is 0. The van der Waals surface area contributed by atoms with Crippen LogP contribution >= 0.6 is 23.2 Å². The van der Waals surface area contributed by atoms with Crippen LogP contribution in [0.15, 0.2) is 30.3 Å². The Bertz CT molecular complexity index is 994. The Kier molecular flexibility index (Phi) is 6.32. The maximum absolute atomic E-state index is 14.4. The molecule has 30 heavy (non-hydrogen) atoms. The average molecular weight is 445 g/mol. The highest BCUT2D eigenvalue weighted by molar-refractivity contribution is 6.36. The highest BCUT2D eigenvalue weighted by Gasteiger charge is 2.38. The average Bonchev–Trinajstić information content (AvgIpc) is 3.18. The van der Waals surface area contributed by atoms with Gasteiger partial charge in [0.05, 0.1) is 10.0 Å². The highest BCUT2D eigenvalue weighted by atomic mass is 35.5. The lowest BCUT2D eigenvalue weighted by Gasteiger charge is -2.33. The van der Waals surface area contributed by atoms with Crippen molar-refractivity contribution in [1.82, 2.24) is 5.32 Å². The summed E-state index contributed by atoms with van der Waals surface area (Å²) in [6.45, 7) is 0.740. The first-order chi connectivity index (χ1) is 14.5. The first-order valence-corrected chi connectivity index (χ1v) is 11.2.